The molecule has 136 valence electrons. The quantitative estimate of drug-likeness (QED) is 0.537. The Morgan fingerprint density at radius 2 is 1.85 bits per heavy atom. The lowest BCUT2D eigenvalue weighted by molar-refractivity contribution is 0.498. The molecule has 3 aliphatic carbocycles. The molecule has 1 saturated carbocycles. The Hall–Kier alpha value is -2.34. The minimum atomic E-state index is 0.666. The van der Waals surface area contributed by atoms with Crippen LogP contribution in [0.25, 0.3) is 17.2 Å². The van der Waals surface area contributed by atoms with E-state index in [0.717, 1.165) is 18.8 Å². The SMILES string of the molecule is CCc1ccccc1C1=CCC(c2ccc3c(c2)C=CC3C2CCCC2)=C1. The van der Waals surface area contributed by atoms with Crippen LogP contribution in [0.3, 0.4) is 0 Å². The van der Waals surface area contributed by atoms with Gasteiger partial charge in [-0.2, -0.15) is 0 Å². The molecule has 3 aliphatic rings. The van der Waals surface area contributed by atoms with Crippen LogP contribution in [0.1, 0.15) is 72.8 Å². The Morgan fingerprint density at radius 3 is 2.70 bits per heavy atom. The fourth-order valence-electron chi connectivity index (χ4n) is 5.29. The maximum Gasteiger partial charge on any atom is 0.00555 e. The van der Waals surface area contributed by atoms with Crippen LogP contribution >= 0.6 is 0 Å². The van der Waals surface area contributed by atoms with Gasteiger partial charge >= 0.3 is 0 Å². The van der Waals surface area contributed by atoms with Crippen LogP contribution in [0.15, 0.2) is 60.7 Å². The smallest absolute Gasteiger partial charge is 0.00555 e. The fraction of sp³-hybridized carbons (Fsp3) is 0.333. The molecule has 0 bridgehead atoms. The van der Waals surface area contributed by atoms with Crippen molar-refractivity contribution in [2.24, 2.45) is 5.92 Å². The van der Waals surface area contributed by atoms with Gasteiger partial charge in [-0.15, -0.1) is 0 Å². The highest BCUT2D eigenvalue weighted by atomic mass is 14.3. The summed E-state index contributed by atoms with van der Waals surface area (Å²) in [6.07, 6.45) is 17.4. The van der Waals surface area contributed by atoms with Crippen molar-refractivity contribution in [3.63, 3.8) is 0 Å². The molecule has 2 aromatic rings. The minimum Gasteiger partial charge on any atom is -0.0761 e. The van der Waals surface area contributed by atoms with Crippen molar-refractivity contribution in [3.05, 3.63) is 88.5 Å². The summed E-state index contributed by atoms with van der Waals surface area (Å²) >= 11 is 0. The first-order valence-electron chi connectivity index (χ1n) is 10.6. The molecule has 0 aromatic heterocycles. The Kier molecular flexibility index (Phi) is 4.36. The average molecular weight is 353 g/mol. The average Bonchev–Trinajstić information content (AvgIpc) is 3.47. The number of rotatable bonds is 4. The van der Waals surface area contributed by atoms with Gasteiger partial charge in [-0.05, 0) is 76.6 Å². The van der Waals surface area contributed by atoms with Gasteiger partial charge in [0.15, 0.2) is 0 Å². The zero-order valence-electron chi connectivity index (χ0n) is 16.2. The molecule has 0 radical (unpaired) electrons. The lowest BCUT2D eigenvalue weighted by atomic mass is 9.86. The first kappa shape index (κ1) is 16.8. The van der Waals surface area contributed by atoms with E-state index in [-0.39, 0.29) is 0 Å². The van der Waals surface area contributed by atoms with Gasteiger partial charge in [0.2, 0.25) is 0 Å². The highest BCUT2D eigenvalue weighted by Crippen LogP contribution is 2.44. The summed E-state index contributed by atoms with van der Waals surface area (Å²) in [6.45, 7) is 2.24. The Labute approximate surface area is 163 Å². The third-order valence-corrected chi connectivity index (χ3v) is 6.79. The molecule has 1 unspecified atom stereocenters. The van der Waals surface area contributed by atoms with Gasteiger partial charge in [0.05, 0.1) is 0 Å². The van der Waals surface area contributed by atoms with E-state index in [9.17, 15) is 0 Å². The van der Waals surface area contributed by atoms with Crippen LogP contribution in [0.4, 0.5) is 0 Å². The van der Waals surface area contributed by atoms with Crippen LogP contribution in [0.5, 0.6) is 0 Å². The second-order valence-corrected chi connectivity index (χ2v) is 8.32. The van der Waals surface area contributed by atoms with Crippen molar-refractivity contribution in [3.8, 4) is 0 Å². The second-order valence-electron chi connectivity index (χ2n) is 8.32. The first-order valence-corrected chi connectivity index (χ1v) is 10.6. The third kappa shape index (κ3) is 3.02. The molecule has 0 heteroatoms. The molecule has 5 rings (SSSR count). The van der Waals surface area contributed by atoms with E-state index in [1.54, 1.807) is 5.56 Å². The number of fused-ring (bicyclic) bond motifs is 1. The molecule has 0 spiro atoms. The van der Waals surface area contributed by atoms with Crippen LogP contribution < -0.4 is 0 Å². The number of benzene rings is 2. The second kappa shape index (κ2) is 7.00. The van der Waals surface area contributed by atoms with Crippen molar-refractivity contribution in [1.29, 1.82) is 0 Å². The zero-order chi connectivity index (χ0) is 18.2. The molecule has 0 aliphatic heterocycles. The maximum absolute atomic E-state index is 2.47. The lowest BCUT2D eigenvalue weighted by Gasteiger charge is -2.18. The van der Waals surface area contributed by atoms with E-state index in [2.05, 4.69) is 73.7 Å². The number of aryl methyl sites for hydroxylation is 1. The maximum atomic E-state index is 2.47. The van der Waals surface area contributed by atoms with E-state index < -0.39 is 0 Å². The molecule has 0 N–H and O–H groups in total. The molecule has 1 fully saturated rings. The Bertz CT molecular complexity index is 948. The van der Waals surface area contributed by atoms with Crippen molar-refractivity contribution in [2.75, 3.05) is 0 Å². The molecule has 0 nitrogen and oxygen atoms in total. The van der Waals surface area contributed by atoms with Gasteiger partial charge in [0.25, 0.3) is 0 Å². The van der Waals surface area contributed by atoms with Crippen molar-refractivity contribution in [1.82, 2.24) is 0 Å². The van der Waals surface area contributed by atoms with Gasteiger partial charge in [-0.3, -0.25) is 0 Å². The molecular formula is C27H28. The standard InChI is InChI=1S/C27H28/c1-2-19-7-5-6-10-25(19)23-12-11-21(17-23)22-13-15-27-24(18-22)14-16-26(27)20-8-3-4-9-20/h5-7,10,12-18,20,26H,2-4,8-9,11H2,1H3. The highest BCUT2D eigenvalue weighted by Gasteiger charge is 2.28. The molecule has 0 heterocycles. The van der Waals surface area contributed by atoms with Crippen LogP contribution in [-0.2, 0) is 6.42 Å². The molecule has 0 amide bonds. The third-order valence-electron chi connectivity index (χ3n) is 6.79. The largest absolute Gasteiger partial charge is 0.0761 e. The summed E-state index contributed by atoms with van der Waals surface area (Å²) in [5, 5.41) is 0. The Balaban J connectivity index is 1.41. The molecule has 27 heavy (non-hydrogen) atoms. The predicted octanol–water partition coefficient (Wildman–Crippen LogP) is 7.42. The number of hydrogen-bond donors (Lipinski definition) is 0. The summed E-state index contributed by atoms with van der Waals surface area (Å²) in [7, 11) is 0. The van der Waals surface area contributed by atoms with Gasteiger partial charge in [0.1, 0.15) is 0 Å². The molecule has 2 aromatic carbocycles. The summed E-state index contributed by atoms with van der Waals surface area (Å²) in [5.41, 5.74) is 10.1. The van der Waals surface area contributed by atoms with Crippen LogP contribution in [0.2, 0.25) is 0 Å². The van der Waals surface area contributed by atoms with E-state index >= 15 is 0 Å². The van der Waals surface area contributed by atoms with Gasteiger partial charge < -0.3 is 0 Å². The number of allylic oxidation sites excluding steroid dienone is 5. The zero-order valence-corrected chi connectivity index (χ0v) is 16.2. The Morgan fingerprint density at radius 1 is 1.00 bits per heavy atom. The summed E-state index contributed by atoms with van der Waals surface area (Å²) in [4.78, 5) is 0. The minimum absolute atomic E-state index is 0.666. The summed E-state index contributed by atoms with van der Waals surface area (Å²) in [6, 6.07) is 16.0. The van der Waals surface area contributed by atoms with Crippen LogP contribution in [0, 0.1) is 5.92 Å². The highest BCUT2D eigenvalue weighted by molar-refractivity contribution is 5.90. The summed E-state index contributed by atoms with van der Waals surface area (Å²) < 4.78 is 0. The van der Waals surface area contributed by atoms with Gasteiger partial charge in [-0.1, -0.05) is 80.5 Å². The van der Waals surface area contributed by atoms with E-state index in [4.69, 9.17) is 0 Å². The van der Waals surface area contributed by atoms with Gasteiger partial charge in [-0.25, -0.2) is 0 Å². The van der Waals surface area contributed by atoms with Crippen molar-refractivity contribution < 1.29 is 0 Å². The predicted molar refractivity (Wildman–Crippen MR) is 117 cm³/mol. The molecule has 0 saturated heterocycles. The fourth-order valence-corrected chi connectivity index (χ4v) is 5.29. The van der Waals surface area contributed by atoms with E-state index in [1.807, 2.05) is 0 Å². The monoisotopic (exact) mass is 352 g/mol. The summed E-state index contributed by atoms with van der Waals surface area (Å²) in [5.74, 6) is 1.54. The van der Waals surface area contributed by atoms with E-state index in [0.29, 0.717) is 5.92 Å². The topological polar surface area (TPSA) is 0 Å². The van der Waals surface area contributed by atoms with Crippen LogP contribution in [-0.4, -0.2) is 0 Å². The van der Waals surface area contributed by atoms with Crippen molar-refractivity contribution >= 4 is 17.2 Å². The lowest BCUT2D eigenvalue weighted by Crippen LogP contribution is -2.05. The normalized spacial score (nSPS) is 21.4. The van der Waals surface area contributed by atoms with Gasteiger partial charge in [0, 0.05) is 5.92 Å². The molecular weight excluding hydrogens is 324 g/mol. The van der Waals surface area contributed by atoms with Crippen molar-refractivity contribution in [2.45, 2.75) is 51.4 Å². The van der Waals surface area contributed by atoms with E-state index in [1.165, 1.54) is 59.1 Å². The molecule has 1 atom stereocenters. The first-order chi connectivity index (χ1) is 13.3. The number of hydrogen-bond acceptors (Lipinski definition) is 0.